The van der Waals surface area contributed by atoms with E-state index in [9.17, 15) is 0 Å². The van der Waals surface area contributed by atoms with Gasteiger partial charge in [-0.3, -0.25) is 4.99 Å². The summed E-state index contributed by atoms with van der Waals surface area (Å²) in [6, 6.07) is 8.32. The number of aryl methyl sites for hydroxylation is 2. The predicted octanol–water partition coefficient (Wildman–Crippen LogP) is 2.61. The van der Waals surface area contributed by atoms with Crippen LogP contribution < -0.4 is 15.4 Å². The molecule has 6 heteroatoms. The number of rotatable bonds is 9. The number of nitrogens with zero attached hydrogens (tertiary/aromatic N) is 2. The highest BCUT2D eigenvalue weighted by atomic mass is 16.5. The number of aromatic nitrogens is 1. The molecular weight excluding hydrogens is 328 g/mol. The summed E-state index contributed by atoms with van der Waals surface area (Å²) in [5, 5.41) is 6.67. The van der Waals surface area contributed by atoms with E-state index in [-0.39, 0.29) is 0 Å². The van der Waals surface area contributed by atoms with E-state index in [0.29, 0.717) is 26.4 Å². The first-order chi connectivity index (χ1) is 12.6. The summed E-state index contributed by atoms with van der Waals surface area (Å²) in [7, 11) is 3.79. The van der Waals surface area contributed by atoms with Crippen LogP contribution >= 0.6 is 0 Å². The van der Waals surface area contributed by atoms with E-state index in [1.165, 1.54) is 11.1 Å². The molecule has 0 aliphatic rings. The Labute approximate surface area is 156 Å². The van der Waals surface area contributed by atoms with Crippen molar-refractivity contribution in [3.8, 4) is 5.75 Å². The highest BCUT2D eigenvalue weighted by Crippen LogP contribution is 2.20. The van der Waals surface area contributed by atoms with Crippen molar-refractivity contribution in [2.24, 2.45) is 12.0 Å². The molecule has 0 unspecified atom stereocenters. The SMILES string of the molecule is CCOCCOc1cc(C)ccc1CNC(=NC)NCc1ccn(C)c1. The molecule has 0 fully saturated rings. The zero-order chi connectivity index (χ0) is 18.8. The number of hydrogen-bond donors (Lipinski definition) is 2. The van der Waals surface area contributed by atoms with Crippen molar-refractivity contribution in [3.63, 3.8) is 0 Å². The number of nitrogens with one attached hydrogen (secondary N) is 2. The fourth-order valence-electron chi connectivity index (χ4n) is 2.55. The number of aliphatic imine (C=N–C) groups is 1. The van der Waals surface area contributed by atoms with Crippen LogP contribution in [-0.2, 0) is 24.9 Å². The lowest BCUT2D eigenvalue weighted by molar-refractivity contribution is 0.110. The fourth-order valence-corrected chi connectivity index (χ4v) is 2.55. The second-order valence-electron chi connectivity index (χ2n) is 6.12. The minimum absolute atomic E-state index is 0.547. The van der Waals surface area contributed by atoms with Gasteiger partial charge in [-0.05, 0) is 37.1 Å². The van der Waals surface area contributed by atoms with Gasteiger partial charge in [-0.15, -0.1) is 0 Å². The monoisotopic (exact) mass is 358 g/mol. The number of benzene rings is 1. The molecule has 26 heavy (non-hydrogen) atoms. The average Bonchev–Trinajstić information content (AvgIpc) is 3.05. The van der Waals surface area contributed by atoms with Crippen LogP contribution in [0, 0.1) is 6.92 Å². The summed E-state index contributed by atoms with van der Waals surface area (Å²) < 4.78 is 13.3. The van der Waals surface area contributed by atoms with Gasteiger partial charge < -0.3 is 24.7 Å². The second kappa shape index (κ2) is 10.5. The highest BCUT2D eigenvalue weighted by Gasteiger charge is 2.06. The van der Waals surface area contributed by atoms with E-state index in [1.54, 1.807) is 7.05 Å². The topological polar surface area (TPSA) is 59.8 Å². The van der Waals surface area contributed by atoms with E-state index in [4.69, 9.17) is 9.47 Å². The van der Waals surface area contributed by atoms with E-state index >= 15 is 0 Å². The lowest BCUT2D eigenvalue weighted by atomic mass is 10.1. The average molecular weight is 358 g/mol. The van der Waals surface area contributed by atoms with E-state index in [2.05, 4.69) is 53.0 Å². The van der Waals surface area contributed by atoms with Crippen molar-refractivity contribution in [3.05, 3.63) is 53.3 Å². The highest BCUT2D eigenvalue weighted by molar-refractivity contribution is 5.79. The summed E-state index contributed by atoms with van der Waals surface area (Å²) in [5.41, 5.74) is 3.48. The van der Waals surface area contributed by atoms with Gasteiger partial charge in [0.1, 0.15) is 12.4 Å². The molecule has 0 saturated heterocycles. The summed E-state index contributed by atoms with van der Waals surface area (Å²) in [4.78, 5) is 4.29. The summed E-state index contributed by atoms with van der Waals surface area (Å²) in [6.07, 6.45) is 4.12. The van der Waals surface area contributed by atoms with Gasteiger partial charge in [0.05, 0.1) is 6.61 Å². The van der Waals surface area contributed by atoms with Crippen LogP contribution in [0.15, 0.2) is 41.7 Å². The molecule has 1 heterocycles. The molecule has 1 aromatic heterocycles. The van der Waals surface area contributed by atoms with Gasteiger partial charge in [0, 0.05) is 51.7 Å². The molecule has 2 aromatic rings. The van der Waals surface area contributed by atoms with Crippen LogP contribution in [0.5, 0.6) is 5.75 Å². The quantitative estimate of drug-likeness (QED) is 0.411. The van der Waals surface area contributed by atoms with Crippen LogP contribution in [0.1, 0.15) is 23.6 Å². The third-order valence-corrected chi connectivity index (χ3v) is 3.94. The molecule has 0 saturated carbocycles. The lowest BCUT2D eigenvalue weighted by Crippen LogP contribution is -2.36. The Morgan fingerprint density at radius 1 is 1.15 bits per heavy atom. The first-order valence-electron chi connectivity index (χ1n) is 8.97. The predicted molar refractivity (Wildman–Crippen MR) is 106 cm³/mol. The van der Waals surface area contributed by atoms with E-state index in [1.807, 2.05) is 24.7 Å². The Hall–Kier alpha value is -2.47. The molecule has 0 aliphatic carbocycles. The normalized spacial score (nSPS) is 11.5. The summed E-state index contributed by atoms with van der Waals surface area (Å²) in [6.45, 7) is 7.26. The van der Waals surface area contributed by atoms with Crippen molar-refractivity contribution < 1.29 is 9.47 Å². The first kappa shape index (κ1) is 19.8. The molecule has 0 amide bonds. The maximum absolute atomic E-state index is 5.89. The lowest BCUT2D eigenvalue weighted by Gasteiger charge is -2.15. The first-order valence-corrected chi connectivity index (χ1v) is 8.97. The molecule has 0 atom stereocenters. The number of guanidine groups is 1. The molecular formula is C20H30N4O2. The zero-order valence-corrected chi connectivity index (χ0v) is 16.2. The summed E-state index contributed by atoms with van der Waals surface area (Å²) in [5.74, 6) is 1.64. The van der Waals surface area contributed by atoms with Crippen molar-refractivity contribution >= 4 is 5.96 Å². The maximum atomic E-state index is 5.89. The van der Waals surface area contributed by atoms with E-state index < -0.39 is 0 Å². The maximum Gasteiger partial charge on any atom is 0.191 e. The van der Waals surface area contributed by atoms with Crippen LogP contribution in [0.25, 0.3) is 0 Å². The van der Waals surface area contributed by atoms with Crippen molar-refractivity contribution in [2.75, 3.05) is 26.9 Å². The second-order valence-corrected chi connectivity index (χ2v) is 6.12. The molecule has 0 aliphatic heterocycles. The third kappa shape index (κ3) is 6.44. The Bertz CT molecular complexity index is 710. The molecule has 0 radical (unpaired) electrons. The molecule has 2 N–H and O–H groups in total. The Morgan fingerprint density at radius 3 is 2.65 bits per heavy atom. The van der Waals surface area contributed by atoms with Crippen molar-refractivity contribution in [1.29, 1.82) is 0 Å². The van der Waals surface area contributed by atoms with Gasteiger partial charge in [0.2, 0.25) is 0 Å². The standard InChI is InChI=1S/C20H30N4O2/c1-5-25-10-11-26-19-12-16(2)6-7-18(19)14-23-20(21-3)22-13-17-8-9-24(4)15-17/h6-9,12,15H,5,10-11,13-14H2,1-4H3,(H2,21,22,23). The Balaban J connectivity index is 1.89. The molecule has 1 aromatic carbocycles. The zero-order valence-electron chi connectivity index (χ0n) is 16.2. The van der Waals surface area contributed by atoms with Gasteiger partial charge in [-0.1, -0.05) is 12.1 Å². The molecule has 2 rings (SSSR count). The minimum Gasteiger partial charge on any atom is -0.491 e. The molecule has 0 spiro atoms. The van der Waals surface area contributed by atoms with Crippen molar-refractivity contribution in [2.45, 2.75) is 26.9 Å². The van der Waals surface area contributed by atoms with Gasteiger partial charge in [0.15, 0.2) is 5.96 Å². The molecule has 142 valence electrons. The Kier molecular flexibility index (Phi) is 8.02. The van der Waals surface area contributed by atoms with Crippen LogP contribution in [0.2, 0.25) is 0 Å². The Morgan fingerprint density at radius 2 is 1.96 bits per heavy atom. The van der Waals surface area contributed by atoms with Gasteiger partial charge in [-0.25, -0.2) is 0 Å². The number of ether oxygens (including phenoxy) is 2. The smallest absolute Gasteiger partial charge is 0.191 e. The summed E-state index contributed by atoms with van der Waals surface area (Å²) >= 11 is 0. The van der Waals surface area contributed by atoms with Crippen LogP contribution in [0.3, 0.4) is 0 Å². The minimum atomic E-state index is 0.547. The van der Waals surface area contributed by atoms with Gasteiger partial charge >= 0.3 is 0 Å². The fraction of sp³-hybridized carbons (Fsp3) is 0.450. The van der Waals surface area contributed by atoms with Crippen LogP contribution in [0.4, 0.5) is 0 Å². The number of hydrogen-bond acceptors (Lipinski definition) is 3. The third-order valence-electron chi connectivity index (χ3n) is 3.94. The van der Waals surface area contributed by atoms with Gasteiger partial charge in [0.25, 0.3) is 0 Å². The molecule has 6 nitrogen and oxygen atoms in total. The molecule has 0 bridgehead atoms. The van der Waals surface area contributed by atoms with E-state index in [0.717, 1.165) is 23.8 Å². The van der Waals surface area contributed by atoms with Crippen molar-refractivity contribution in [1.82, 2.24) is 15.2 Å². The van der Waals surface area contributed by atoms with Gasteiger partial charge in [-0.2, -0.15) is 0 Å². The largest absolute Gasteiger partial charge is 0.491 e. The van der Waals surface area contributed by atoms with Crippen LogP contribution in [-0.4, -0.2) is 37.4 Å².